The van der Waals surface area contributed by atoms with E-state index < -0.39 is 17.4 Å². The van der Waals surface area contributed by atoms with Gasteiger partial charge < -0.3 is 4.90 Å². The number of anilines is 2. The van der Waals surface area contributed by atoms with Crippen molar-refractivity contribution >= 4 is 40.7 Å². The van der Waals surface area contributed by atoms with E-state index in [0.717, 1.165) is 29.7 Å². The number of nitrogens with zero attached hydrogens (tertiary/aromatic N) is 3. The number of hydrogen-bond acceptors (Lipinski definition) is 4. The van der Waals surface area contributed by atoms with Crippen molar-refractivity contribution in [3.05, 3.63) is 95.0 Å². The van der Waals surface area contributed by atoms with E-state index in [2.05, 4.69) is 4.90 Å². The summed E-state index contributed by atoms with van der Waals surface area (Å²) < 4.78 is 0. The minimum Gasteiger partial charge on any atom is -0.306 e. The highest BCUT2D eigenvalue weighted by Gasteiger charge is 2.75. The molecule has 7 rings (SSSR count). The van der Waals surface area contributed by atoms with Crippen molar-refractivity contribution in [1.82, 2.24) is 4.90 Å². The molecule has 0 radical (unpaired) electrons. The molecule has 4 aliphatic rings. The molecule has 1 spiro atoms. The van der Waals surface area contributed by atoms with Gasteiger partial charge in [-0.05, 0) is 55.3 Å². The molecule has 4 atom stereocenters. The van der Waals surface area contributed by atoms with Gasteiger partial charge in [0.1, 0.15) is 5.54 Å². The number of amides is 3. The molecule has 0 unspecified atom stereocenters. The minimum atomic E-state index is -1.18. The van der Waals surface area contributed by atoms with Crippen molar-refractivity contribution in [1.29, 1.82) is 0 Å². The third-order valence-corrected chi connectivity index (χ3v) is 8.66. The standard InChI is InChI=1S/C29H24ClN3O3/c30-19-12-14-20(15-13-19)33-26(34)24-23-11-6-16-32(23)29(25(24)27(33)35)21-9-4-5-10-22(21)31(28(29)36)17-18-7-2-1-3-8-18/h1-5,7-10,12-15,23-25H,6,11,16-17H2/t23-,24-,25-,29-/m1/s1. The van der Waals surface area contributed by atoms with E-state index in [1.807, 2.05) is 59.5 Å². The van der Waals surface area contributed by atoms with Gasteiger partial charge in [-0.3, -0.25) is 19.3 Å². The monoisotopic (exact) mass is 497 g/mol. The molecular weight excluding hydrogens is 474 g/mol. The molecule has 36 heavy (non-hydrogen) atoms. The van der Waals surface area contributed by atoms with Crippen LogP contribution >= 0.6 is 11.6 Å². The topological polar surface area (TPSA) is 60.9 Å². The van der Waals surface area contributed by atoms with Crippen LogP contribution in [0.15, 0.2) is 78.9 Å². The van der Waals surface area contributed by atoms with Crippen LogP contribution in [0.4, 0.5) is 11.4 Å². The predicted molar refractivity (Wildman–Crippen MR) is 136 cm³/mol. The van der Waals surface area contributed by atoms with Crippen LogP contribution in [0.2, 0.25) is 5.02 Å². The Bertz CT molecular complexity index is 1410. The highest BCUT2D eigenvalue weighted by Crippen LogP contribution is 2.62. The Hall–Kier alpha value is -3.48. The van der Waals surface area contributed by atoms with E-state index in [4.69, 9.17) is 11.6 Å². The molecule has 6 nitrogen and oxygen atoms in total. The molecule has 0 aromatic heterocycles. The zero-order valence-electron chi connectivity index (χ0n) is 19.5. The van der Waals surface area contributed by atoms with Gasteiger partial charge >= 0.3 is 0 Å². The van der Waals surface area contributed by atoms with Crippen molar-refractivity contribution in [2.24, 2.45) is 11.8 Å². The number of carbonyl (C=O) groups is 3. The molecule has 4 heterocycles. The molecule has 0 N–H and O–H groups in total. The summed E-state index contributed by atoms with van der Waals surface area (Å²) in [4.78, 5) is 47.9. The van der Waals surface area contributed by atoms with E-state index in [9.17, 15) is 14.4 Å². The average molecular weight is 498 g/mol. The van der Waals surface area contributed by atoms with Gasteiger partial charge in [-0.15, -0.1) is 0 Å². The summed E-state index contributed by atoms with van der Waals surface area (Å²) in [5.74, 6) is -1.94. The van der Waals surface area contributed by atoms with E-state index in [1.54, 1.807) is 24.3 Å². The first-order chi connectivity index (χ1) is 17.5. The fourth-order valence-corrected chi connectivity index (χ4v) is 7.23. The summed E-state index contributed by atoms with van der Waals surface area (Å²) in [5, 5.41) is 0.535. The Morgan fingerprint density at radius 3 is 2.36 bits per heavy atom. The normalized spacial score (nSPS) is 28.8. The van der Waals surface area contributed by atoms with Crippen LogP contribution in [0.25, 0.3) is 0 Å². The van der Waals surface area contributed by atoms with Gasteiger partial charge in [-0.1, -0.05) is 60.1 Å². The van der Waals surface area contributed by atoms with Crippen molar-refractivity contribution in [2.45, 2.75) is 31.0 Å². The summed E-state index contributed by atoms with van der Waals surface area (Å²) in [6.07, 6.45) is 1.69. The molecule has 3 fully saturated rings. The second-order valence-electron chi connectivity index (χ2n) is 10.1. The van der Waals surface area contributed by atoms with E-state index in [-0.39, 0.29) is 23.8 Å². The lowest BCUT2D eigenvalue weighted by Crippen LogP contribution is -2.55. The average Bonchev–Trinajstić information content (AvgIpc) is 3.60. The number of fused-ring (bicyclic) bond motifs is 7. The zero-order valence-corrected chi connectivity index (χ0v) is 20.3. The number of halogens is 1. The Morgan fingerprint density at radius 2 is 1.58 bits per heavy atom. The van der Waals surface area contributed by atoms with Gasteiger partial charge in [0.15, 0.2) is 0 Å². The van der Waals surface area contributed by atoms with Crippen LogP contribution in [0.5, 0.6) is 0 Å². The van der Waals surface area contributed by atoms with E-state index in [0.29, 0.717) is 23.8 Å². The van der Waals surface area contributed by atoms with Gasteiger partial charge in [0.05, 0.1) is 24.1 Å². The van der Waals surface area contributed by atoms with E-state index in [1.165, 1.54) is 4.90 Å². The number of carbonyl (C=O) groups excluding carboxylic acids is 3. The lowest BCUT2D eigenvalue weighted by molar-refractivity contribution is -0.137. The van der Waals surface area contributed by atoms with Crippen molar-refractivity contribution in [3.8, 4) is 0 Å². The van der Waals surface area contributed by atoms with Gasteiger partial charge in [-0.25, -0.2) is 4.90 Å². The van der Waals surface area contributed by atoms with Crippen molar-refractivity contribution < 1.29 is 14.4 Å². The van der Waals surface area contributed by atoms with Gasteiger partial charge in [-0.2, -0.15) is 0 Å². The number of rotatable bonds is 3. The summed E-state index contributed by atoms with van der Waals surface area (Å²) in [7, 11) is 0. The lowest BCUT2D eigenvalue weighted by atomic mass is 9.75. The third-order valence-electron chi connectivity index (χ3n) is 8.41. The molecule has 0 bridgehead atoms. The maximum absolute atomic E-state index is 14.6. The maximum Gasteiger partial charge on any atom is 0.253 e. The molecule has 3 amide bonds. The van der Waals surface area contributed by atoms with Crippen molar-refractivity contribution in [3.63, 3.8) is 0 Å². The molecule has 3 saturated heterocycles. The Balaban J connectivity index is 1.39. The first-order valence-corrected chi connectivity index (χ1v) is 12.8. The SMILES string of the molecule is O=C1[C@@H]2[C@H]3CCCN3[C@@]3(C(=O)N(Cc4ccccc4)c4ccccc43)[C@H]2C(=O)N1c1ccc(Cl)cc1. The summed E-state index contributed by atoms with van der Waals surface area (Å²) in [6.45, 7) is 1.11. The van der Waals surface area contributed by atoms with Crippen LogP contribution in [-0.2, 0) is 26.5 Å². The second-order valence-corrected chi connectivity index (χ2v) is 10.5. The van der Waals surface area contributed by atoms with E-state index >= 15 is 0 Å². The van der Waals surface area contributed by atoms with Crippen LogP contribution < -0.4 is 9.80 Å². The molecule has 3 aromatic rings. The molecular formula is C29H24ClN3O3. The number of imide groups is 1. The van der Waals surface area contributed by atoms with Crippen LogP contribution in [-0.4, -0.2) is 35.2 Å². The Labute approximate surface area is 214 Å². The number of benzene rings is 3. The molecule has 3 aromatic carbocycles. The molecule has 0 aliphatic carbocycles. The van der Waals surface area contributed by atoms with Gasteiger partial charge in [0.2, 0.25) is 11.8 Å². The Kier molecular flexibility index (Phi) is 4.69. The smallest absolute Gasteiger partial charge is 0.253 e. The highest BCUT2D eigenvalue weighted by atomic mass is 35.5. The second kappa shape index (κ2) is 7.76. The summed E-state index contributed by atoms with van der Waals surface area (Å²) >= 11 is 6.07. The fourth-order valence-electron chi connectivity index (χ4n) is 7.11. The third kappa shape index (κ3) is 2.69. The number of para-hydroxylation sites is 1. The summed E-state index contributed by atoms with van der Waals surface area (Å²) in [5.41, 5.74) is 2.00. The molecule has 4 aliphatic heterocycles. The zero-order chi connectivity index (χ0) is 24.6. The lowest BCUT2D eigenvalue weighted by Gasteiger charge is -2.37. The Morgan fingerprint density at radius 1 is 0.861 bits per heavy atom. The van der Waals surface area contributed by atoms with Gasteiger partial charge in [0, 0.05) is 22.3 Å². The molecule has 7 heteroatoms. The maximum atomic E-state index is 14.6. The van der Waals surface area contributed by atoms with Crippen LogP contribution in [0, 0.1) is 11.8 Å². The largest absolute Gasteiger partial charge is 0.306 e. The summed E-state index contributed by atoms with van der Waals surface area (Å²) in [6, 6.07) is 24.3. The quantitative estimate of drug-likeness (QED) is 0.504. The molecule has 180 valence electrons. The highest BCUT2D eigenvalue weighted by molar-refractivity contribution is 6.31. The van der Waals surface area contributed by atoms with Crippen LogP contribution in [0.1, 0.15) is 24.0 Å². The fraction of sp³-hybridized carbons (Fsp3) is 0.276. The molecule has 0 saturated carbocycles. The van der Waals surface area contributed by atoms with Crippen molar-refractivity contribution in [2.75, 3.05) is 16.3 Å². The minimum absolute atomic E-state index is 0.106. The predicted octanol–water partition coefficient (Wildman–Crippen LogP) is 4.37. The first-order valence-electron chi connectivity index (χ1n) is 12.4. The van der Waals surface area contributed by atoms with Gasteiger partial charge in [0.25, 0.3) is 5.91 Å². The van der Waals surface area contributed by atoms with Crippen LogP contribution in [0.3, 0.4) is 0 Å². The number of hydrogen-bond donors (Lipinski definition) is 0. The first kappa shape index (κ1) is 21.8.